The van der Waals surface area contributed by atoms with E-state index < -0.39 is 30.0 Å². The molecule has 6 nitrogen and oxygen atoms in total. The standard InChI is InChI=1S/C35H43NO5/c1-6-23-36(34(37)41-35(3,4)5)24-32(39-26-29-19-13-9-14-20-29)33(40-27-30-21-15-10-16-22-30)31(7-2)38-25-28-17-11-8-12-18-28/h6-22,31-33H,1-2,23-27H2,3-5H3/t31-,32+,33+/m1/s1. The average molecular weight is 558 g/mol. The third kappa shape index (κ3) is 11.4. The van der Waals surface area contributed by atoms with E-state index in [4.69, 9.17) is 18.9 Å². The Morgan fingerprint density at radius 1 is 0.756 bits per heavy atom. The molecule has 0 aromatic heterocycles. The van der Waals surface area contributed by atoms with E-state index in [1.807, 2.05) is 112 Å². The smallest absolute Gasteiger partial charge is 0.410 e. The lowest BCUT2D eigenvalue weighted by Gasteiger charge is -2.36. The molecule has 1 amide bonds. The fourth-order valence-electron chi connectivity index (χ4n) is 4.20. The van der Waals surface area contributed by atoms with Crippen molar-refractivity contribution in [1.82, 2.24) is 4.90 Å². The van der Waals surface area contributed by atoms with Crippen LogP contribution < -0.4 is 0 Å². The number of carbonyl (C=O) groups is 1. The molecule has 0 saturated heterocycles. The molecule has 41 heavy (non-hydrogen) atoms. The van der Waals surface area contributed by atoms with Crippen molar-refractivity contribution in [3.8, 4) is 0 Å². The summed E-state index contributed by atoms with van der Waals surface area (Å²) in [5.41, 5.74) is 2.40. The molecule has 0 radical (unpaired) electrons. The van der Waals surface area contributed by atoms with Crippen molar-refractivity contribution in [2.75, 3.05) is 13.1 Å². The van der Waals surface area contributed by atoms with E-state index in [0.29, 0.717) is 19.8 Å². The van der Waals surface area contributed by atoms with Gasteiger partial charge in [-0.3, -0.25) is 0 Å². The highest BCUT2D eigenvalue weighted by Gasteiger charge is 2.34. The highest BCUT2D eigenvalue weighted by molar-refractivity contribution is 5.68. The topological polar surface area (TPSA) is 57.2 Å². The fraction of sp³-hybridized carbons (Fsp3) is 0.343. The van der Waals surface area contributed by atoms with Crippen molar-refractivity contribution in [3.05, 3.63) is 133 Å². The Hall–Kier alpha value is -3.71. The normalized spacial score (nSPS) is 13.5. The second-order valence-corrected chi connectivity index (χ2v) is 10.8. The van der Waals surface area contributed by atoms with Gasteiger partial charge in [0, 0.05) is 6.54 Å². The molecule has 3 rings (SSSR count). The third-order valence-corrected chi connectivity index (χ3v) is 6.20. The van der Waals surface area contributed by atoms with Gasteiger partial charge in [0.2, 0.25) is 0 Å². The summed E-state index contributed by atoms with van der Waals surface area (Å²) in [5, 5.41) is 0. The predicted octanol–water partition coefficient (Wildman–Crippen LogP) is 7.35. The zero-order valence-electron chi connectivity index (χ0n) is 24.5. The van der Waals surface area contributed by atoms with Crippen LogP contribution in [-0.2, 0) is 38.8 Å². The number of nitrogens with zero attached hydrogens (tertiary/aromatic N) is 1. The van der Waals surface area contributed by atoms with E-state index in [0.717, 1.165) is 16.7 Å². The Morgan fingerprint density at radius 2 is 1.22 bits per heavy atom. The number of benzene rings is 3. The van der Waals surface area contributed by atoms with E-state index in [1.165, 1.54) is 0 Å². The lowest BCUT2D eigenvalue weighted by atomic mass is 10.1. The molecule has 6 heteroatoms. The third-order valence-electron chi connectivity index (χ3n) is 6.20. The van der Waals surface area contributed by atoms with Crippen LogP contribution in [0.15, 0.2) is 116 Å². The predicted molar refractivity (Wildman–Crippen MR) is 163 cm³/mol. The Morgan fingerprint density at radius 3 is 1.66 bits per heavy atom. The summed E-state index contributed by atoms with van der Waals surface area (Å²) in [4.78, 5) is 14.8. The first kappa shape index (κ1) is 31.8. The summed E-state index contributed by atoms with van der Waals surface area (Å²) in [6, 6.07) is 29.8. The summed E-state index contributed by atoms with van der Waals surface area (Å²) < 4.78 is 25.2. The minimum Gasteiger partial charge on any atom is -0.444 e. The monoisotopic (exact) mass is 557 g/mol. The average Bonchev–Trinajstić information content (AvgIpc) is 2.97. The first-order valence-corrected chi connectivity index (χ1v) is 14.0. The van der Waals surface area contributed by atoms with E-state index in [2.05, 4.69) is 13.2 Å². The van der Waals surface area contributed by atoms with Crippen LogP contribution in [0.2, 0.25) is 0 Å². The molecule has 3 aromatic carbocycles. The zero-order valence-corrected chi connectivity index (χ0v) is 24.5. The van der Waals surface area contributed by atoms with Gasteiger partial charge in [-0.1, -0.05) is 103 Å². The van der Waals surface area contributed by atoms with Crippen LogP contribution in [0, 0.1) is 0 Å². The van der Waals surface area contributed by atoms with Crippen LogP contribution in [-0.4, -0.2) is 48.0 Å². The van der Waals surface area contributed by atoms with Gasteiger partial charge in [-0.15, -0.1) is 13.2 Å². The number of hydrogen-bond acceptors (Lipinski definition) is 5. The van der Waals surface area contributed by atoms with E-state index in [1.54, 1.807) is 17.1 Å². The quantitative estimate of drug-likeness (QED) is 0.172. The molecule has 0 heterocycles. The van der Waals surface area contributed by atoms with Crippen LogP contribution in [0.3, 0.4) is 0 Å². The number of amides is 1. The molecule has 0 bridgehead atoms. The lowest BCUT2D eigenvalue weighted by molar-refractivity contribution is -0.143. The lowest BCUT2D eigenvalue weighted by Crippen LogP contribution is -2.50. The molecular weight excluding hydrogens is 514 g/mol. The molecule has 0 N–H and O–H groups in total. The molecule has 218 valence electrons. The van der Waals surface area contributed by atoms with Crippen LogP contribution in [0.4, 0.5) is 4.79 Å². The summed E-state index contributed by atoms with van der Waals surface area (Å²) in [7, 11) is 0. The Kier molecular flexibility index (Phi) is 12.8. The van der Waals surface area contributed by atoms with Crippen LogP contribution in [0.5, 0.6) is 0 Å². The zero-order chi connectivity index (χ0) is 29.5. The largest absolute Gasteiger partial charge is 0.444 e. The number of rotatable bonds is 16. The fourth-order valence-corrected chi connectivity index (χ4v) is 4.20. The van der Waals surface area contributed by atoms with Crippen molar-refractivity contribution >= 4 is 6.09 Å². The first-order valence-electron chi connectivity index (χ1n) is 14.0. The van der Waals surface area contributed by atoms with Gasteiger partial charge in [-0.25, -0.2) is 4.79 Å². The number of hydrogen-bond donors (Lipinski definition) is 0. The van der Waals surface area contributed by atoms with Crippen LogP contribution >= 0.6 is 0 Å². The van der Waals surface area contributed by atoms with Crippen LogP contribution in [0.25, 0.3) is 0 Å². The Labute approximate surface area is 245 Å². The molecule has 0 aliphatic carbocycles. The first-order chi connectivity index (χ1) is 19.8. The molecule has 0 spiro atoms. The number of carbonyl (C=O) groups excluding carboxylic acids is 1. The van der Waals surface area contributed by atoms with Gasteiger partial charge in [-0.2, -0.15) is 0 Å². The van der Waals surface area contributed by atoms with Gasteiger partial charge in [0.1, 0.15) is 23.9 Å². The summed E-state index contributed by atoms with van der Waals surface area (Å²) in [6.07, 6.45) is 1.27. The van der Waals surface area contributed by atoms with Gasteiger partial charge >= 0.3 is 6.09 Å². The molecular formula is C35H43NO5. The summed E-state index contributed by atoms with van der Waals surface area (Å²) in [5.74, 6) is 0. The van der Waals surface area contributed by atoms with Gasteiger partial charge in [0.15, 0.2) is 0 Å². The van der Waals surface area contributed by atoms with Crippen molar-refractivity contribution in [2.24, 2.45) is 0 Å². The molecule has 3 aromatic rings. The summed E-state index contributed by atoms with van der Waals surface area (Å²) >= 11 is 0. The van der Waals surface area contributed by atoms with Crippen molar-refractivity contribution in [2.45, 2.75) is 64.5 Å². The van der Waals surface area contributed by atoms with Crippen molar-refractivity contribution in [1.29, 1.82) is 0 Å². The Balaban J connectivity index is 1.92. The van der Waals surface area contributed by atoms with E-state index in [-0.39, 0.29) is 13.1 Å². The second-order valence-electron chi connectivity index (χ2n) is 10.8. The highest BCUT2D eigenvalue weighted by atomic mass is 16.6. The van der Waals surface area contributed by atoms with E-state index in [9.17, 15) is 4.79 Å². The molecule has 0 aliphatic rings. The van der Waals surface area contributed by atoms with Crippen molar-refractivity contribution < 1.29 is 23.7 Å². The second kappa shape index (κ2) is 16.5. The van der Waals surface area contributed by atoms with Gasteiger partial charge < -0.3 is 23.8 Å². The van der Waals surface area contributed by atoms with Crippen molar-refractivity contribution in [3.63, 3.8) is 0 Å². The molecule has 0 fully saturated rings. The van der Waals surface area contributed by atoms with Gasteiger partial charge in [0.05, 0.1) is 26.4 Å². The SMILES string of the molecule is C=CCN(C[C@H](OCc1ccccc1)[C@@H](OCc1ccccc1)[C@@H](C=C)OCc1ccccc1)C(=O)OC(C)(C)C. The van der Waals surface area contributed by atoms with Crippen LogP contribution in [0.1, 0.15) is 37.5 Å². The minimum absolute atomic E-state index is 0.201. The molecule has 0 saturated carbocycles. The van der Waals surface area contributed by atoms with Gasteiger partial charge in [-0.05, 0) is 37.5 Å². The summed E-state index contributed by atoms with van der Waals surface area (Å²) in [6.45, 7) is 15.0. The molecule has 3 atom stereocenters. The minimum atomic E-state index is -0.650. The highest BCUT2D eigenvalue weighted by Crippen LogP contribution is 2.21. The molecule has 0 unspecified atom stereocenters. The maximum atomic E-state index is 13.2. The maximum Gasteiger partial charge on any atom is 0.410 e. The van der Waals surface area contributed by atoms with E-state index >= 15 is 0 Å². The molecule has 0 aliphatic heterocycles. The van der Waals surface area contributed by atoms with Gasteiger partial charge in [0.25, 0.3) is 0 Å². The maximum absolute atomic E-state index is 13.2. The Bertz CT molecular complexity index is 1180. The number of ether oxygens (including phenoxy) is 4.